The van der Waals surface area contributed by atoms with Crippen molar-refractivity contribution in [1.82, 2.24) is 0 Å². The van der Waals surface area contributed by atoms with Gasteiger partial charge in [0.2, 0.25) is 5.91 Å². The first kappa shape index (κ1) is 13.3. The maximum absolute atomic E-state index is 11.3. The van der Waals surface area contributed by atoms with Crippen LogP contribution in [0.4, 0.5) is 11.4 Å². The Hall–Kier alpha value is -1.16. The molecule has 2 rings (SSSR count). The van der Waals surface area contributed by atoms with Crippen molar-refractivity contribution in [2.45, 2.75) is 32.2 Å². The number of hydrogen-bond acceptors (Lipinski definition) is 3. The zero-order chi connectivity index (χ0) is 12.8. The summed E-state index contributed by atoms with van der Waals surface area (Å²) in [5.74, 6) is 2.54. The Labute approximate surface area is 113 Å². The average molecular weight is 264 g/mol. The zero-order valence-corrected chi connectivity index (χ0v) is 11.6. The Balaban J connectivity index is 1.95. The van der Waals surface area contributed by atoms with Gasteiger partial charge in [0.05, 0.1) is 0 Å². The monoisotopic (exact) mass is 264 g/mol. The van der Waals surface area contributed by atoms with Gasteiger partial charge in [0.1, 0.15) is 0 Å². The van der Waals surface area contributed by atoms with Gasteiger partial charge in [0.15, 0.2) is 0 Å². The van der Waals surface area contributed by atoms with Crippen molar-refractivity contribution in [3.63, 3.8) is 0 Å². The van der Waals surface area contributed by atoms with Gasteiger partial charge in [-0.25, -0.2) is 0 Å². The van der Waals surface area contributed by atoms with Gasteiger partial charge in [-0.3, -0.25) is 4.79 Å². The Morgan fingerprint density at radius 2 is 2.06 bits per heavy atom. The number of carbonyl (C=O) groups is 1. The maximum atomic E-state index is 11.3. The number of hydrogen-bond donors (Lipinski definition) is 2. The molecule has 1 aliphatic heterocycles. The zero-order valence-electron chi connectivity index (χ0n) is 10.7. The fourth-order valence-electron chi connectivity index (χ4n) is 2.01. The van der Waals surface area contributed by atoms with Crippen LogP contribution in [0.5, 0.6) is 0 Å². The van der Waals surface area contributed by atoms with Crippen LogP contribution in [0.15, 0.2) is 24.3 Å². The molecule has 1 saturated heterocycles. The first-order valence-corrected chi connectivity index (χ1v) is 7.67. The second-order valence-corrected chi connectivity index (χ2v) is 5.74. The van der Waals surface area contributed by atoms with Gasteiger partial charge in [-0.1, -0.05) is 13.0 Å². The first-order chi connectivity index (χ1) is 8.78. The Morgan fingerprint density at radius 1 is 1.33 bits per heavy atom. The second kappa shape index (κ2) is 6.69. The van der Waals surface area contributed by atoms with Crippen molar-refractivity contribution in [2.75, 3.05) is 22.1 Å². The van der Waals surface area contributed by atoms with Crippen molar-refractivity contribution in [2.24, 2.45) is 0 Å². The normalized spacial score (nSPS) is 16.3. The number of carbonyl (C=O) groups excluding carboxylic acids is 1. The molecule has 1 aromatic carbocycles. The van der Waals surface area contributed by atoms with Crippen LogP contribution in [-0.2, 0) is 4.79 Å². The molecule has 0 bridgehead atoms. The van der Waals surface area contributed by atoms with Crippen molar-refractivity contribution in [1.29, 1.82) is 0 Å². The number of benzene rings is 1. The summed E-state index contributed by atoms with van der Waals surface area (Å²) in [6.45, 7) is 1.86. The SMILES string of the molecule is CCC(=O)Nc1cccc(NC2CCSCC2)c1. The molecule has 1 aromatic rings. The van der Waals surface area contributed by atoms with Crippen molar-refractivity contribution >= 4 is 29.0 Å². The standard InChI is InChI=1S/C14H20N2OS/c1-2-14(17)16-13-5-3-4-12(10-13)15-11-6-8-18-9-7-11/h3-5,10-11,15H,2,6-9H2,1H3,(H,16,17). The molecule has 3 nitrogen and oxygen atoms in total. The van der Waals surface area contributed by atoms with Crippen molar-refractivity contribution < 1.29 is 4.79 Å². The van der Waals surface area contributed by atoms with E-state index in [9.17, 15) is 4.79 Å². The van der Waals surface area contributed by atoms with Gasteiger partial charge in [0.25, 0.3) is 0 Å². The minimum Gasteiger partial charge on any atom is -0.382 e. The summed E-state index contributed by atoms with van der Waals surface area (Å²) >= 11 is 2.03. The third kappa shape index (κ3) is 3.95. The van der Waals surface area contributed by atoms with Gasteiger partial charge >= 0.3 is 0 Å². The van der Waals surface area contributed by atoms with Crippen LogP contribution >= 0.6 is 11.8 Å². The predicted octanol–water partition coefficient (Wildman–Crippen LogP) is 3.34. The molecule has 1 heterocycles. The molecule has 18 heavy (non-hydrogen) atoms. The third-order valence-electron chi connectivity index (χ3n) is 3.06. The molecule has 1 aliphatic rings. The van der Waals surface area contributed by atoms with E-state index in [-0.39, 0.29) is 5.91 Å². The topological polar surface area (TPSA) is 41.1 Å². The maximum Gasteiger partial charge on any atom is 0.224 e. The molecule has 0 radical (unpaired) electrons. The average Bonchev–Trinajstić information content (AvgIpc) is 2.40. The quantitative estimate of drug-likeness (QED) is 0.876. The summed E-state index contributed by atoms with van der Waals surface area (Å²) in [7, 11) is 0. The number of nitrogens with one attached hydrogen (secondary N) is 2. The van der Waals surface area contributed by atoms with Crippen LogP contribution in [-0.4, -0.2) is 23.5 Å². The smallest absolute Gasteiger partial charge is 0.224 e. The molecule has 4 heteroatoms. The van der Waals surface area contributed by atoms with Gasteiger partial charge in [-0.05, 0) is 42.5 Å². The summed E-state index contributed by atoms with van der Waals surface area (Å²) in [6.07, 6.45) is 2.95. The largest absolute Gasteiger partial charge is 0.382 e. The molecule has 1 amide bonds. The lowest BCUT2D eigenvalue weighted by molar-refractivity contribution is -0.115. The van der Waals surface area contributed by atoms with E-state index in [2.05, 4.69) is 16.7 Å². The van der Waals surface area contributed by atoms with Gasteiger partial charge in [-0.15, -0.1) is 0 Å². The molecular weight excluding hydrogens is 244 g/mol. The highest BCUT2D eigenvalue weighted by Crippen LogP contribution is 2.22. The first-order valence-electron chi connectivity index (χ1n) is 6.52. The fourth-order valence-corrected chi connectivity index (χ4v) is 3.12. The molecule has 2 N–H and O–H groups in total. The van der Waals surface area contributed by atoms with Gasteiger partial charge < -0.3 is 10.6 Å². The van der Waals surface area contributed by atoms with Gasteiger partial charge in [0, 0.05) is 23.8 Å². The van der Waals surface area contributed by atoms with E-state index in [4.69, 9.17) is 0 Å². The summed E-state index contributed by atoms with van der Waals surface area (Å²) in [4.78, 5) is 11.3. The number of anilines is 2. The van der Waals surface area contributed by atoms with Crippen LogP contribution in [0.1, 0.15) is 26.2 Å². The second-order valence-electron chi connectivity index (χ2n) is 4.51. The molecule has 98 valence electrons. The van der Waals surface area contributed by atoms with E-state index in [0.717, 1.165) is 11.4 Å². The summed E-state index contributed by atoms with van der Waals surface area (Å²) < 4.78 is 0. The molecule has 0 saturated carbocycles. The lowest BCUT2D eigenvalue weighted by atomic mass is 10.1. The lowest BCUT2D eigenvalue weighted by Gasteiger charge is -2.23. The molecule has 0 unspecified atom stereocenters. The van der Waals surface area contributed by atoms with Crippen LogP contribution in [0.25, 0.3) is 0 Å². The van der Waals surface area contributed by atoms with Crippen molar-refractivity contribution in [3.8, 4) is 0 Å². The van der Waals surface area contributed by atoms with Crippen LogP contribution < -0.4 is 10.6 Å². The molecule has 0 spiro atoms. The molecule has 0 aliphatic carbocycles. The summed E-state index contributed by atoms with van der Waals surface area (Å²) in [5.41, 5.74) is 1.97. The highest BCUT2D eigenvalue weighted by atomic mass is 32.2. The predicted molar refractivity (Wildman–Crippen MR) is 79.3 cm³/mol. The Bertz CT molecular complexity index is 403. The van der Waals surface area contributed by atoms with E-state index in [1.807, 2.05) is 36.9 Å². The highest BCUT2D eigenvalue weighted by molar-refractivity contribution is 7.99. The molecule has 1 fully saturated rings. The lowest BCUT2D eigenvalue weighted by Crippen LogP contribution is -2.24. The minimum atomic E-state index is 0.0567. The minimum absolute atomic E-state index is 0.0567. The van der Waals surface area contributed by atoms with E-state index >= 15 is 0 Å². The Morgan fingerprint density at radius 3 is 2.78 bits per heavy atom. The number of rotatable bonds is 4. The van der Waals surface area contributed by atoms with E-state index in [1.165, 1.54) is 24.3 Å². The number of amides is 1. The van der Waals surface area contributed by atoms with E-state index < -0.39 is 0 Å². The van der Waals surface area contributed by atoms with E-state index in [1.54, 1.807) is 0 Å². The molecular formula is C14H20N2OS. The summed E-state index contributed by atoms with van der Waals surface area (Å²) in [6, 6.07) is 8.54. The highest BCUT2D eigenvalue weighted by Gasteiger charge is 2.13. The molecule has 0 atom stereocenters. The fraction of sp³-hybridized carbons (Fsp3) is 0.500. The van der Waals surface area contributed by atoms with Crippen LogP contribution in [0, 0.1) is 0 Å². The summed E-state index contributed by atoms with van der Waals surface area (Å²) in [5, 5.41) is 6.43. The van der Waals surface area contributed by atoms with Crippen LogP contribution in [0.2, 0.25) is 0 Å². The number of thioether (sulfide) groups is 1. The molecule has 0 aromatic heterocycles. The van der Waals surface area contributed by atoms with Crippen LogP contribution in [0.3, 0.4) is 0 Å². The van der Waals surface area contributed by atoms with Gasteiger partial charge in [-0.2, -0.15) is 11.8 Å². The van der Waals surface area contributed by atoms with Crippen molar-refractivity contribution in [3.05, 3.63) is 24.3 Å². The third-order valence-corrected chi connectivity index (χ3v) is 4.11. The van der Waals surface area contributed by atoms with E-state index in [0.29, 0.717) is 12.5 Å². The Kier molecular flexibility index (Phi) is 4.93.